The summed E-state index contributed by atoms with van der Waals surface area (Å²) in [6.07, 6.45) is 1.71. The third-order valence-electron chi connectivity index (χ3n) is 5.46. The van der Waals surface area contributed by atoms with Crippen LogP contribution in [0, 0.1) is 10.1 Å². The molecule has 0 saturated carbocycles. The van der Waals surface area contributed by atoms with Gasteiger partial charge in [0.1, 0.15) is 5.75 Å². The summed E-state index contributed by atoms with van der Waals surface area (Å²) in [6.45, 7) is 3.01. The fourth-order valence-corrected chi connectivity index (χ4v) is 4.50. The van der Waals surface area contributed by atoms with Gasteiger partial charge in [-0.1, -0.05) is 18.2 Å². The van der Waals surface area contributed by atoms with Crippen molar-refractivity contribution in [2.45, 2.75) is 42.4 Å². The molecule has 8 nitrogen and oxygen atoms in total. The predicted octanol–water partition coefficient (Wildman–Crippen LogP) is 3.43. The molecule has 1 N–H and O–H groups in total. The van der Waals surface area contributed by atoms with Crippen molar-refractivity contribution in [3.8, 4) is 5.75 Å². The highest BCUT2D eigenvalue weighted by Gasteiger charge is 2.26. The first-order valence-corrected chi connectivity index (χ1v) is 11.4. The van der Waals surface area contributed by atoms with Gasteiger partial charge in [0, 0.05) is 41.7 Å². The van der Waals surface area contributed by atoms with Gasteiger partial charge in [-0.2, -0.15) is 0 Å². The first kappa shape index (κ1) is 23.6. The van der Waals surface area contributed by atoms with Crippen molar-refractivity contribution in [3.63, 3.8) is 0 Å². The number of carbonyl (C=O) groups excluding carboxylic acids is 2. The molecule has 2 aromatic rings. The number of methoxy groups -OCH3 is 1. The van der Waals surface area contributed by atoms with Crippen LogP contribution in [-0.2, 0) is 16.0 Å². The lowest BCUT2D eigenvalue weighted by molar-refractivity contribution is -0.384. The van der Waals surface area contributed by atoms with Gasteiger partial charge in [0.15, 0.2) is 0 Å². The number of piperidine rings is 1. The Hall–Kier alpha value is -3.07. The standard InChI is InChI=1S/C23H27N3O5S/c1-16(32-20-9-7-19(8-10-20)26(29)30)23(28)24-18-11-13-25(14-12-18)22(27)15-17-5-3-4-6-21(17)31-2/h3-10,16,18H,11-15H2,1-2H3,(H,24,28). The van der Waals surface area contributed by atoms with Gasteiger partial charge >= 0.3 is 0 Å². The van der Waals surface area contributed by atoms with Crippen molar-refractivity contribution in [3.05, 3.63) is 64.2 Å². The van der Waals surface area contributed by atoms with E-state index in [2.05, 4.69) is 5.32 Å². The van der Waals surface area contributed by atoms with Crippen molar-refractivity contribution in [2.24, 2.45) is 0 Å². The molecule has 0 spiro atoms. The Labute approximate surface area is 191 Å². The zero-order valence-corrected chi connectivity index (χ0v) is 19.0. The molecule has 1 aliphatic rings. The average molecular weight is 458 g/mol. The number of amides is 2. The number of nitrogens with one attached hydrogen (secondary N) is 1. The van der Waals surface area contributed by atoms with Gasteiger partial charge in [0.25, 0.3) is 5.69 Å². The molecule has 0 aromatic heterocycles. The minimum absolute atomic E-state index is 0.0257. The van der Waals surface area contributed by atoms with E-state index in [1.54, 1.807) is 19.2 Å². The number of likely N-dealkylation sites (tertiary alicyclic amines) is 1. The Bertz CT molecular complexity index is 958. The van der Waals surface area contributed by atoms with Gasteiger partial charge in [-0.15, -0.1) is 11.8 Å². The molecule has 1 fully saturated rings. The molecule has 1 aliphatic heterocycles. The van der Waals surface area contributed by atoms with E-state index in [0.717, 1.165) is 10.5 Å². The SMILES string of the molecule is COc1ccccc1CC(=O)N1CCC(NC(=O)C(C)Sc2ccc([N+](=O)[O-])cc2)CC1. The number of non-ortho nitro benzene ring substituents is 1. The Balaban J connectivity index is 1.45. The molecule has 3 rings (SSSR count). The van der Waals surface area contributed by atoms with Crippen LogP contribution in [-0.4, -0.2) is 53.1 Å². The third kappa shape index (κ3) is 6.23. The zero-order chi connectivity index (χ0) is 23.1. The van der Waals surface area contributed by atoms with E-state index in [9.17, 15) is 19.7 Å². The molecule has 2 aromatic carbocycles. The first-order chi connectivity index (χ1) is 15.4. The van der Waals surface area contributed by atoms with Crippen LogP contribution in [0.4, 0.5) is 5.69 Å². The van der Waals surface area contributed by atoms with Crippen molar-refractivity contribution >= 4 is 29.3 Å². The topological polar surface area (TPSA) is 102 Å². The predicted molar refractivity (Wildman–Crippen MR) is 123 cm³/mol. The molecule has 1 heterocycles. The molecular weight excluding hydrogens is 430 g/mol. The molecule has 1 unspecified atom stereocenters. The molecule has 170 valence electrons. The Morgan fingerprint density at radius 3 is 2.47 bits per heavy atom. The lowest BCUT2D eigenvalue weighted by Crippen LogP contribution is -2.48. The van der Waals surface area contributed by atoms with E-state index in [1.165, 1.54) is 23.9 Å². The van der Waals surface area contributed by atoms with Crippen molar-refractivity contribution < 1.29 is 19.2 Å². The molecule has 32 heavy (non-hydrogen) atoms. The van der Waals surface area contributed by atoms with Crippen LogP contribution in [0.2, 0.25) is 0 Å². The summed E-state index contributed by atoms with van der Waals surface area (Å²) >= 11 is 1.36. The van der Waals surface area contributed by atoms with E-state index >= 15 is 0 Å². The highest BCUT2D eigenvalue weighted by molar-refractivity contribution is 8.00. The number of benzene rings is 2. The van der Waals surface area contributed by atoms with Gasteiger partial charge in [0.2, 0.25) is 11.8 Å². The van der Waals surface area contributed by atoms with Crippen molar-refractivity contribution in [2.75, 3.05) is 20.2 Å². The maximum atomic E-state index is 12.7. The highest BCUT2D eigenvalue weighted by atomic mass is 32.2. The van der Waals surface area contributed by atoms with E-state index in [-0.39, 0.29) is 28.8 Å². The molecule has 0 aliphatic carbocycles. The normalized spacial score (nSPS) is 15.1. The number of nitro benzene ring substituents is 1. The average Bonchev–Trinajstić information content (AvgIpc) is 2.80. The Kier molecular flexibility index (Phi) is 8.10. The summed E-state index contributed by atoms with van der Waals surface area (Å²) in [6, 6.07) is 13.7. The number of para-hydroxylation sites is 1. The largest absolute Gasteiger partial charge is 0.496 e. The number of ether oxygens (including phenoxy) is 1. The fourth-order valence-electron chi connectivity index (χ4n) is 3.62. The van der Waals surface area contributed by atoms with Crippen LogP contribution in [0.25, 0.3) is 0 Å². The number of rotatable bonds is 8. The number of hydrogen-bond donors (Lipinski definition) is 1. The second-order valence-corrected chi connectivity index (χ2v) is 9.08. The second-order valence-electron chi connectivity index (χ2n) is 7.66. The summed E-state index contributed by atoms with van der Waals surface area (Å²) in [5.41, 5.74) is 0.894. The maximum Gasteiger partial charge on any atom is 0.269 e. The van der Waals surface area contributed by atoms with Gasteiger partial charge in [-0.25, -0.2) is 0 Å². The van der Waals surface area contributed by atoms with E-state index < -0.39 is 4.92 Å². The molecule has 0 bridgehead atoms. The van der Waals surface area contributed by atoms with Gasteiger partial charge in [0.05, 0.1) is 23.7 Å². The Morgan fingerprint density at radius 1 is 1.19 bits per heavy atom. The van der Waals surface area contributed by atoms with E-state index in [0.29, 0.717) is 38.1 Å². The summed E-state index contributed by atoms with van der Waals surface area (Å²) in [4.78, 5) is 38.2. The number of carbonyl (C=O) groups is 2. The van der Waals surface area contributed by atoms with Crippen LogP contribution in [0.15, 0.2) is 53.4 Å². The van der Waals surface area contributed by atoms with Gasteiger partial charge in [-0.05, 0) is 38.0 Å². The maximum absolute atomic E-state index is 12.7. The number of nitrogens with zero attached hydrogens (tertiary/aromatic N) is 2. The highest BCUT2D eigenvalue weighted by Crippen LogP contribution is 2.26. The first-order valence-electron chi connectivity index (χ1n) is 10.5. The summed E-state index contributed by atoms with van der Waals surface area (Å²) in [5.74, 6) is 0.691. The molecule has 0 radical (unpaired) electrons. The smallest absolute Gasteiger partial charge is 0.269 e. The number of thioether (sulfide) groups is 1. The van der Waals surface area contributed by atoms with Crippen molar-refractivity contribution in [1.82, 2.24) is 10.2 Å². The van der Waals surface area contributed by atoms with Gasteiger partial charge in [-0.3, -0.25) is 19.7 Å². The van der Waals surface area contributed by atoms with Crippen LogP contribution < -0.4 is 10.1 Å². The summed E-state index contributed by atoms with van der Waals surface area (Å²) < 4.78 is 5.33. The second kappa shape index (κ2) is 11.0. The molecular formula is C23H27N3O5S. The fraction of sp³-hybridized carbons (Fsp3) is 0.391. The van der Waals surface area contributed by atoms with E-state index in [4.69, 9.17) is 4.74 Å². The summed E-state index contributed by atoms with van der Waals surface area (Å²) in [7, 11) is 1.60. The van der Waals surface area contributed by atoms with Crippen LogP contribution in [0.3, 0.4) is 0 Å². The zero-order valence-electron chi connectivity index (χ0n) is 18.2. The number of nitro groups is 1. The Morgan fingerprint density at radius 2 is 1.84 bits per heavy atom. The molecule has 1 saturated heterocycles. The van der Waals surface area contributed by atoms with Crippen molar-refractivity contribution in [1.29, 1.82) is 0 Å². The quantitative estimate of drug-likeness (QED) is 0.370. The molecule has 9 heteroatoms. The van der Waals surface area contributed by atoms with Crippen LogP contribution in [0.5, 0.6) is 5.75 Å². The monoisotopic (exact) mass is 457 g/mol. The minimum atomic E-state index is -0.446. The third-order valence-corrected chi connectivity index (χ3v) is 6.57. The summed E-state index contributed by atoms with van der Waals surface area (Å²) in [5, 5.41) is 13.5. The minimum Gasteiger partial charge on any atom is -0.496 e. The lowest BCUT2D eigenvalue weighted by atomic mass is 10.0. The number of hydrogen-bond acceptors (Lipinski definition) is 6. The van der Waals surface area contributed by atoms with Crippen LogP contribution in [0.1, 0.15) is 25.3 Å². The van der Waals surface area contributed by atoms with E-state index in [1.807, 2.05) is 36.1 Å². The van der Waals surface area contributed by atoms with Crippen LogP contribution >= 0.6 is 11.8 Å². The van der Waals surface area contributed by atoms with Gasteiger partial charge < -0.3 is 15.0 Å². The molecule has 1 atom stereocenters. The molecule has 2 amide bonds. The lowest BCUT2D eigenvalue weighted by Gasteiger charge is -2.33.